The largest absolute Gasteiger partial charge is 0.444 e. The molecule has 0 fully saturated rings. The van der Waals surface area contributed by atoms with E-state index in [2.05, 4.69) is 15.3 Å². The van der Waals surface area contributed by atoms with E-state index in [4.69, 9.17) is 9.47 Å². The Bertz CT molecular complexity index is 609. The lowest BCUT2D eigenvalue weighted by Gasteiger charge is -2.19. The monoisotopic (exact) mass is 287 g/mol. The van der Waals surface area contributed by atoms with Crippen LogP contribution >= 0.6 is 0 Å². The minimum absolute atomic E-state index is 0.123. The van der Waals surface area contributed by atoms with Gasteiger partial charge in [-0.2, -0.15) is 4.98 Å². The first-order valence-electron chi connectivity index (χ1n) is 6.48. The van der Waals surface area contributed by atoms with Crippen molar-refractivity contribution in [1.29, 1.82) is 0 Å². The van der Waals surface area contributed by atoms with E-state index < -0.39 is 11.7 Å². The van der Waals surface area contributed by atoms with E-state index in [0.717, 1.165) is 0 Å². The van der Waals surface area contributed by atoms with Crippen LogP contribution in [0.25, 0.3) is 0 Å². The lowest BCUT2D eigenvalue weighted by Crippen LogP contribution is -2.27. The zero-order chi connectivity index (χ0) is 15.3. The number of nitrogens with zero attached hydrogens (tertiary/aromatic N) is 2. The summed E-state index contributed by atoms with van der Waals surface area (Å²) in [5, 5.41) is 2.46. The van der Waals surface area contributed by atoms with Gasteiger partial charge in [-0.05, 0) is 32.9 Å². The van der Waals surface area contributed by atoms with Crippen molar-refractivity contribution < 1.29 is 14.3 Å². The highest BCUT2D eigenvalue weighted by Crippen LogP contribution is 2.19. The van der Waals surface area contributed by atoms with Crippen LogP contribution in [-0.4, -0.2) is 21.7 Å². The maximum Gasteiger partial charge on any atom is 0.414 e. The third-order valence-electron chi connectivity index (χ3n) is 2.21. The molecule has 2 aromatic rings. The van der Waals surface area contributed by atoms with Gasteiger partial charge < -0.3 is 9.47 Å². The molecule has 0 saturated heterocycles. The van der Waals surface area contributed by atoms with Crippen molar-refractivity contribution in [2.45, 2.75) is 26.4 Å². The number of para-hydroxylation sites is 1. The first-order chi connectivity index (χ1) is 9.92. The zero-order valence-corrected chi connectivity index (χ0v) is 12.2. The lowest BCUT2D eigenvalue weighted by molar-refractivity contribution is 0.0634. The van der Waals surface area contributed by atoms with Crippen LogP contribution in [0.4, 0.5) is 10.7 Å². The predicted octanol–water partition coefficient (Wildman–Crippen LogP) is 3.62. The highest BCUT2D eigenvalue weighted by Gasteiger charge is 2.17. The molecule has 1 aromatic carbocycles. The van der Waals surface area contributed by atoms with Gasteiger partial charge in [-0.25, -0.2) is 9.78 Å². The van der Waals surface area contributed by atoms with Crippen LogP contribution in [0.15, 0.2) is 42.6 Å². The molecule has 110 valence electrons. The van der Waals surface area contributed by atoms with Crippen LogP contribution in [0, 0.1) is 0 Å². The zero-order valence-electron chi connectivity index (χ0n) is 12.2. The number of ether oxygens (including phenoxy) is 2. The number of nitrogens with one attached hydrogen (secondary N) is 1. The average Bonchev–Trinajstić information content (AvgIpc) is 2.38. The maximum atomic E-state index is 11.6. The molecule has 0 atom stereocenters. The van der Waals surface area contributed by atoms with Crippen LogP contribution in [-0.2, 0) is 4.74 Å². The number of anilines is 1. The second-order valence-electron chi connectivity index (χ2n) is 5.26. The Kier molecular flexibility index (Phi) is 4.37. The molecule has 6 heteroatoms. The first-order valence-corrected chi connectivity index (χ1v) is 6.48. The summed E-state index contributed by atoms with van der Waals surface area (Å²) in [5.41, 5.74) is -0.581. The summed E-state index contributed by atoms with van der Waals surface area (Å²) in [4.78, 5) is 19.7. The Morgan fingerprint density at radius 1 is 1.14 bits per heavy atom. The van der Waals surface area contributed by atoms with Gasteiger partial charge in [0.25, 0.3) is 0 Å². The Morgan fingerprint density at radius 3 is 2.52 bits per heavy atom. The lowest BCUT2D eigenvalue weighted by atomic mass is 10.2. The molecule has 0 radical (unpaired) electrons. The minimum atomic E-state index is -0.612. The van der Waals surface area contributed by atoms with Gasteiger partial charge in [-0.1, -0.05) is 18.2 Å². The minimum Gasteiger partial charge on any atom is -0.444 e. The van der Waals surface area contributed by atoms with Crippen LogP contribution in [0.1, 0.15) is 20.8 Å². The number of aromatic nitrogens is 2. The van der Waals surface area contributed by atoms with E-state index in [1.165, 1.54) is 6.20 Å². The van der Waals surface area contributed by atoms with Crippen molar-refractivity contribution in [3.63, 3.8) is 0 Å². The van der Waals surface area contributed by atoms with E-state index in [1.807, 2.05) is 30.3 Å². The number of carbonyl (C=O) groups is 1. The smallest absolute Gasteiger partial charge is 0.414 e. The van der Waals surface area contributed by atoms with E-state index in [0.29, 0.717) is 11.6 Å². The first kappa shape index (κ1) is 14.8. The van der Waals surface area contributed by atoms with Crippen molar-refractivity contribution in [1.82, 2.24) is 9.97 Å². The fourth-order valence-electron chi connectivity index (χ4n) is 1.46. The Balaban J connectivity index is 2.03. The quantitative estimate of drug-likeness (QED) is 0.933. The van der Waals surface area contributed by atoms with Crippen molar-refractivity contribution in [3.8, 4) is 11.6 Å². The van der Waals surface area contributed by atoms with E-state index in [9.17, 15) is 4.79 Å². The topological polar surface area (TPSA) is 73.3 Å². The summed E-state index contributed by atoms with van der Waals surface area (Å²) in [7, 11) is 0. The van der Waals surface area contributed by atoms with Gasteiger partial charge in [0.05, 0.1) is 0 Å². The second kappa shape index (κ2) is 6.21. The van der Waals surface area contributed by atoms with Gasteiger partial charge in [0.2, 0.25) is 11.8 Å². The number of amides is 1. The molecule has 1 amide bonds. The van der Waals surface area contributed by atoms with Crippen molar-refractivity contribution in [2.75, 3.05) is 5.32 Å². The van der Waals surface area contributed by atoms with E-state index >= 15 is 0 Å². The molecule has 0 aliphatic rings. The van der Waals surface area contributed by atoms with Crippen LogP contribution < -0.4 is 10.1 Å². The fraction of sp³-hybridized carbons (Fsp3) is 0.267. The standard InChI is InChI=1S/C15H17N3O3/c1-15(2,3)21-14(19)18-13-16-10-9-12(17-13)20-11-7-5-4-6-8-11/h4-10H,1-3H3,(H,16,17,18,19). The molecule has 0 bridgehead atoms. The highest BCUT2D eigenvalue weighted by molar-refractivity contribution is 5.82. The van der Waals surface area contributed by atoms with Crippen molar-refractivity contribution in [3.05, 3.63) is 42.6 Å². The van der Waals surface area contributed by atoms with E-state index in [-0.39, 0.29) is 5.95 Å². The van der Waals surface area contributed by atoms with Crippen LogP contribution in [0.5, 0.6) is 11.6 Å². The van der Waals surface area contributed by atoms with Crippen LogP contribution in [0.2, 0.25) is 0 Å². The molecule has 1 heterocycles. The molecule has 6 nitrogen and oxygen atoms in total. The van der Waals surface area contributed by atoms with Gasteiger partial charge in [-0.3, -0.25) is 5.32 Å². The van der Waals surface area contributed by atoms with E-state index in [1.54, 1.807) is 26.8 Å². The summed E-state index contributed by atoms with van der Waals surface area (Å²) >= 11 is 0. The molecule has 1 N–H and O–H groups in total. The summed E-state index contributed by atoms with van der Waals surface area (Å²) in [6.45, 7) is 5.34. The summed E-state index contributed by atoms with van der Waals surface area (Å²) < 4.78 is 10.7. The fourth-order valence-corrected chi connectivity index (χ4v) is 1.46. The van der Waals surface area contributed by atoms with Crippen LogP contribution in [0.3, 0.4) is 0 Å². The second-order valence-corrected chi connectivity index (χ2v) is 5.26. The van der Waals surface area contributed by atoms with Gasteiger partial charge in [0.15, 0.2) is 0 Å². The summed E-state index contributed by atoms with van der Waals surface area (Å²) in [6, 6.07) is 10.8. The van der Waals surface area contributed by atoms with Gasteiger partial charge in [0, 0.05) is 12.3 Å². The Labute approximate surface area is 123 Å². The predicted molar refractivity (Wildman–Crippen MR) is 78.4 cm³/mol. The number of benzene rings is 1. The molecular formula is C15H17N3O3. The molecule has 0 unspecified atom stereocenters. The number of carbonyl (C=O) groups excluding carboxylic acids is 1. The summed E-state index contributed by atoms with van der Waals surface area (Å²) in [6.07, 6.45) is 0.886. The SMILES string of the molecule is CC(C)(C)OC(=O)Nc1nccc(Oc2ccccc2)n1. The molecule has 2 rings (SSSR count). The normalized spacial score (nSPS) is 10.8. The number of hydrogen-bond acceptors (Lipinski definition) is 5. The number of rotatable bonds is 3. The molecule has 21 heavy (non-hydrogen) atoms. The Hall–Kier alpha value is -2.63. The molecule has 1 aromatic heterocycles. The average molecular weight is 287 g/mol. The Morgan fingerprint density at radius 2 is 1.86 bits per heavy atom. The maximum absolute atomic E-state index is 11.6. The van der Waals surface area contributed by atoms with Gasteiger partial charge >= 0.3 is 6.09 Å². The third kappa shape index (κ3) is 5.10. The molecule has 0 aliphatic heterocycles. The summed E-state index contributed by atoms with van der Waals surface area (Å²) in [5.74, 6) is 1.11. The van der Waals surface area contributed by atoms with Gasteiger partial charge in [-0.15, -0.1) is 0 Å². The molecule has 0 spiro atoms. The van der Waals surface area contributed by atoms with Gasteiger partial charge in [0.1, 0.15) is 11.4 Å². The highest BCUT2D eigenvalue weighted by atomic mass is 16.6. The molecule has 0 aliphatic carbocycles. The number of hydrogen-bond donors (Lipinski definition) is 1. The molecular weight excluding hydrogens is 270 g/mol. The van der Waals surface area contributed by atoms with Crippen molar-refractivity contribution >= 4 is 12.0 Å². The third-order valence-corrected chi connectivity index (χ3v) is 2.21. The van der Waals surface area contributed by atoms with Crippen molar-refractivity contribution in [2.24, 2.45) is 0 Å². The molecule has 0 saturated carbocycles.